The summed E-state index contributed by atoms with van der Waals surface area (Å²) in [5, 5.41) is 0. The van der Waals surface area contributed by atoms with Crippen LogP contribution in [0.1, 0.15) is 24.9 Å². The fraction of sp³-hybridized carbons (Fsp3) is 0.333. The molecule has 2 aromatic rings. The second kappa shape index (κ2) is 6.29. The maximum Gasteiger partial charge on any atom is 0.127 e. The number of rotatable bonds is 4. The first-order chi connectivity index (χ1) is 10.2. The zero-order valence-corrected chi connectivity index (χ0v) is 12.2. The van der Waals surface area contributed by atoms with Gasteiger partial charge in [-0.2, -0.15) is 0 Å². The molecule has 0 bridgehead atoms. The van der Waals surface area contributed by atoms with Crippen LogP contribution in [0.4, 0.5) is 0 Å². The van der Waals surface area contributed by atoms with Crippen molar-refractivity contribution in [2.24, 2.45) is 11.7 Å². The Balaban J connectivity index is 1.66. The molecule has 1 heterocycles. The predicted molar refractivity (Wildman–Crippen MR) is 83.4 cm³/mol. The van der Waals surface area contributed by atoms with Crippen molar-refractivity contribution in [2.45, 2.75) is 25.5 Å². The molecule has 0 aromatic heterocycles. The van der Waals surface area contributed by atoms with Crippen LogP contribution in [0, 0.1) is 5.92 Å². The smallest absolute Gasteiger partial charge is 0.127 e. The number of nitrogens with two attached hydrogens (primary N) is 1. The van der Waals surface area contributed by atoms with E-state index in [2.05, 4.69) is 6.92 Å². The molecule has 0 amide bonds. The first kappa shape index (κ1) is 14.1. The highest BCUT2D eigenvalue weighted by atomic mass is 16.5. The summed E-state index contributed by atoms with van der Waals surface area (Å²) in [6.07, 6.45) is 1.35. The Hall–Kier alpha value is -1.84. The van der Waals surface area contributed by atoms with Crippen molar-refractivity contribution in [1.29, 1.82) is 0 Å². The van der Waals surface area contributed by atoms with Crippen LogP contribution in [0.25, 0.3) is 0 Å². The van der Waals surface area contributed by atoms with E-state index in [1.807, 2.05) is 54.6 Å². The van der Waals surface area contributed by atoms with E-state index in [1.54, 1.807) is 0 Å². The van der Waals surface area contributed by atoms with Crippen LogP contribution < -0.4 is 10.5 Å². The highest BCUT2D eigenvalue weighted by Crippen LogP contribution is 2.31. The van der Waals surface area contributed by atoms with Crippen molar-refractivity contribution < 1.29 is 9.47 Å². The van der Waals surface area contributed by atoms with Crippen LogP contribution in [0.15, 0.2) is 54.6 Å². The zero-order chi connectivity index (χ0) is 14.7. The van der Waals surface area contributed by atoms with E-state index in [1.165, 1.54) is 0 Å². The van der Waals surface area contributed by atoms with Gasteiger partial charge in [0.2, 0.25) is 0 Å². The molecular formula is C18H21NO2. The van der Waals surface area contributed by atoms with Crippen LogP contribution in [0.5, 0.6) is 11.5 Å². The van der Waals surface area contributed by atoms with E-state index in [9.17, 15) is 0 Å². The van der Waals surface area contributed by atoms with Gasteiger partial charge in [-0.15, -0.1) is 0 Å². The summed E-state index contributed by atoms with van der Waals surface area (Å²) in [6, 6.07) is 17.8. The molecule has 110 valence electrons. The van der Waals surface area contributed by atoms with E-state index in [-0.39, 0.29) is 6.04 Å². The fourth-order valence-electron chi connectivity index (χ4n) is 2.76. The van der Waals surface area contributed by atoms with Crippen LogP contribution in [-0.4, -0.2) is 12.7 Å². The molecule has 3 nitrogen and oxygen atoms in total. The van der Waals surface area contributed by atoms with Crippen molar-refractivity contribution >= 4 is 0 Å². The molecule has 3 heteroatoms. The molecule has 1 fully saturated rings. The lowest BCUT2D eigenvalue weighted by Gasteiger charge is -2.18. The van der Waals surface area contributed by atoms with Crippen LogP contribution in [0.2, 0.25) is 0 Å². The minimum atomic E-state index is 0.0284. The van der Waals surface area contributed by atoms with Gasteiger partial charge in [-0.3, -0.25) is 0 Å². The Morgan fingerprint density at radius 1 is 1.05 bits per heavy atom. The largest absolute Gasteiger partial charge is 0.457 e. The quantitative estimate of drug-likeness (QED) is 0.925. The molecule has 1 saturated heterocycles. The number of hydrogen-bond acceptors (Lipinski definition) is 3. The van der Waals surface area contributed by atoms with Crippen LogP contribution in [-0.2, 0) is 4.74 Å². The van der Waals surface area contributed by atoms with Gasteiger partial charge in [0, 0.05) is 12.0 Å². The summed E-state index contributed by atoms with van der Waals surface area (Å²) < 4.78 is 11.4. The first-order valence-electron chi connectivity index (χ1n) is 7.42. The summed E-state index contributed by atoms with van der Waals surface area (Å²) in [4.78, 5) is 0. The maximum absolute atomic E-state index is 6.34. The van der Waals surface area contributed by atoms with Crippen LogP contribution >= 0.6 is 0 Å². The monoisotopic (exact) mass is 283 g/mol. The summed E-state index contributed by atoms with van der Waals surface area (Å²) in [5.41, 5.74) is 7.48. The number of ether oxygens (including phenoxy) is 2. The van der Waals surface area contributed by atoms with Gasteiger partial charge >= 0.3 is 0 Å². The number of hydrogen-bond donors (Lipinski definition) is 1. The molecule has 0 radical (unpaired) electrons. The minimum absolute atomic E-state index is 0.0284. The average molecular weight is 283 g/mol. The molecule has 0 saturated carbocycles. The average Bonchev–Trinajstić information content (AvgIpc) is 2.95. The Labute approximate surface area is 125 Å². The molecule has 2 aromatic carbocycles. The Bertz CT molecular complexity index is 568. The number of para-hydroxylation sites is 1. The molecule has 1 aliphatic heterocycles. The number of benzene rings is 2. The fourth-order valence-corrected chi connectivity index (χ4v) is 2.76. The van der Waals surface area contributed by atoms with E-state index in [0.717, 1.165) is 30.1 Å². The van der Waals surface area contributed by atoms with E-state index >= 15 is 0 Å². The second-order valence-corrected chi connectivity index (χ2v) is 5.65. The molecule has 0 spiro atoms. The topological polar surface area (TPSA) is 44.5 Å². The lowest BCUT2D eigenvalue weighted by molar-refractivity contribution is 0.118. The van der Waals surface area contributed by atoms with Gasteiger partial charge in [0.15, 0.2) is 0 Å². The SMILES string of the molecule is CC1CC(C(N)c2ccc(Oc3ccccc3)cc2)CO1. The Kier molecular flexibility index (Phi) is 4.23. The third-order valence-electron chi connectivity index (χ3n) is 3.98. The zero-order valence-electron chi connectivity index (χ0n) is 12.2. The van der Waals surface area contributed by atoms with Gasteiger partial charge < -0.3 is 15.2 Å². The van der Waals surface area contributed by atoms with E-state index < -0.39 is 0 Å². The lowest BCUT2D eigenvalue weighted by atomic mass is 9.92. The lowest BCUT2D eigenvalue weighted by Crippen LogP contribution is -2.21. The normalized spacial score (nSPS) is 23.0. The Morgan fingerprint density at radius 2 is 1.71 bits per heavy atom. The van der Waals surface area contributed by atoms with Gasteiger partial charge in [0.05, 0.1) is 12.7 Å². The standard InChI is InChI=1S/C18H21NO2/c1-13-11-15(12-20-13)18(19)14-7-9-17(10-8-14)21-16-5-3-2-4-6-16/h2-10,13,15,18H,11-12,19H2,1H3. The molecule has 3 unspecified atom stereocenters. The molecule has 1 aliphatic rings. The van der Waals surface area contributed by atoms with Crippen molar-refractivity contribution in [3.8, 4) is 11.5 Å². The summed E-state index contributed by atoms with van der Waals surface area (Å²) >= 11 is 0. The summed E-state index contributed by atoms with van der Waals surface area (Å²) in [6.45, 7) is 2.86. The third kappa shape index (κ3) is 3.43. The second-order valence-electron chi connectivity index (χ2n) is 5.65. The maximum atomic E-state index is 6.34. The minimum Gasteiger partial charge on any atom is -0.457 e. The third-order valence-corrected chi connectivity index (χ3v) is 3.98. The molecule has 0 aliphatic carbocycles. The van der Waals surface area contributed by atoms with Crippen molar-refractivity contribution in [3.05, 3.63) is 60.2 Å². The van der Waals surface area contributed by atoms with Gasteiger partial charge in [-0.1, -0.05) is 30.3 Å². The highest BCUT2D eigenvalue weighted by Gasteiger charge is 2.28. The van der Waals surface area contributed by atoms with Crippen molar-refractivity contribution in [1.82, 2.24) is 0 Å². The summed E-state index contributed by atoms with van der Waals surface area (Å²) in [5.74, 6) is 2.07. The molecule has 3 atom stereocenters. The molecule has 3 rings (SSSR count). The van der Waals surface area contributed by atoms with Gasteiger partial charge in [-0.25, -0.2) is 0 Å². The van der Waals surface area contributed by atoms with Crippen molar-refractivity contribution in [3.63, 3.8) is 0 Å². The van der Waals surface area contributed by atoms with E-state index in [4.69, 9.17) is 15.2 Å². The van der Waals surface area contributed by atoms with E-state index in [0.29, 0.717) is 12.0 Å². The van der Waals surface area contributed by atoms with Gasteiger partial charge in [0.1, 0.15) is 11.5 Å². The van der Waals surface area contributed by atoms with Gasteiger partial charge in [0.25, 0.3) is 0 Å². The first-order valence-corrected chi connectivity index (χ1v) is 7.42. The van der Waals surface area contributed by atoms with Crippen molar-refractivity contribution in [2.75, 3.05) is 6.61 Å². The molecular weight excluding hydrogens is 262 g/mol. The van der Waals surface area contributed by atoms with Crippen LogP contribution in [0.3, 0.4) is 0 Å². The summed E-state index contributed by atoms with van der Waals surface area (Å²) in [7, 11) is 0. The molecule has 21 heavy (non-hydrogen) atoms. The van der Waals surface area contributed by atoms with Gasteiger partial charge in [-0.05, 0) is 43.2 Å². The highest BCUT2D eigenvalue weighted by molar-refractivity contribution is 5.34. The predicted octanol–water partition coefficient (Wildman–Crippen LogP) is 3.90. The Morgan fingerprint density at radius 3 is 2.33 bits per heavy atom. The molecule has 2 N–H and O–H groups in total.